The minimum Gasteiger partial charge on any atom is -0.310 e. The molecular formula is C84H63N5. The minimum absolute atomic E-state index is 0.145. The Morgan fingerprint density at radius 1 is 0.292 bits per heavy atom. The van der Waals surface area contributed by atoms with E-state index < -0.39 is 0 Å². The summed E-state index contributed by atoms with van der Waals surface area (Å²) in [7, 11) is 0. The molecule has 3 aromatic heterocycles. The van der Waals surface area contributed by atoms with Crippen molar-refractivity contribution in [3.8, 4) is 28.2 Å². The molecule has 3 heterocycles. The van der Waals surface area contributed by atoms with Crippen molar-refractivity contribution < 1.29 is 0 Å². The predicted octanol–water partition coefficient (Wildman–Crippen LogP) is 22.6. The van der Waals surface area contributed by atoms with E-state index in [4.69, 9.17) is 0 Å². The monoisotopic (exact) mass is 1140 g/mol. The molecule has 0 radical (unpaired) electrons. The van der Waals surface area contributed by atoms with Crippen molar-refractivity contribution in [2.75, 3.05) is 9.80 Å². The number of benzene rings is 12. The number of anilines is 6. The van der Waals surface area contributed by atoms with Crippen LogP contribution in [0, 0.1) is 0 Å². The second-order valence-electron chi connectivity index (χ2n) is 25.6. The Hall–Kier alpha value is -10.9. The fraction of sp³-hybridized carbons (Fsp3) is 0.0952. The molecule has 424 valence electrons. The van der Waals surface area contributed by atoms with Gasteiger partial charge in [-0.05, 0) is 203 Å². The standard InChI is InChI=1S/C84H63N5/c1-83(2)73-32-18-14-28-63(73)65-42-36-61(52-75(65)83)85(57-38-44-79-69(48-57)67-30-16-20-34-77(67)87(79)54-22-8-5-9-23-54)59-40-46-81-71(50-59)72-51-60(41-47-82(72)89(81)56-26-12-7-13-27-56)86(62-37-43-66-64-29-15-19-33-74(64)84(3,4)76(66)53-62)58-39-45-80-70(49-58)68-31-17-21-35-78(68)88(80)55-24-10-6-11-25-55/h5-14,16-28,30-53H,15,29H2,1-4H3. The van der Waals surface area contributed by atoms with Gasteiger partial charge in [0, 0.05) is 94.3 Å². The molecule has 0 bridgehead atoms. The second-order valence-corrected chi connectivity index (χ2v) is 25.6. The normalized spacial score (nSPS) is 14.5. The van der Waals surface area contributed by atoms with Gasteiger partial charge in [0.05, 0.1) is 33.1 Å². The number of aromatic nitrogens is 3. The SMILES string of the molecule is CC1(C)C2=C(CCC=C2)c2ccc(N(c3ccc4c(c3)c3ccccc3n4-c3ccccc3)c3ccc4c(c3)c3cc(N(c5ccc6c(c5)C(C)(C)c5ccccc5-6)c5ccc6c(c5)c5ccccc5n6-c5ccccc5)ccc3n4-c3ccccc3)cc21. The van der Waals surface area contributed by atoms with Crippen LogP contribution in [0.4, 0.5) is 34.1 Å². The lowest BCUT2D eigenvalue weighted by Crippen LogP contribution is -2.18. The molecule has 5 heteroatoms. The van der Waals surface area contributed by atoms with Gasteiger partial charge >= 0.3 is 0 Å². The Bertz CT molecular complexity index is 5500. The van der Waals surface area contributed by atoms with Gasteiger partial charge in [-0.1, -0.05) is 167 Å². The van der Waals surface area contributed by atoms with Crippen LogP contribution >= 0.6 is 0 Å². The van der Waals surface area contributed by atoms with Crippen LogP contribution in [0.3, 0.4) is 0 Å². The molecule has 12 aromatic carbocycles. The van der Waals surface area contributed by atoms with Gasteiger partial charge < -0.3 is 23.5 Å². The fourth-order valence-electron chi connectivity index (χ4n) is 15.9. The Labute approximate surface area is 518 Å². The van der Waals surface area contributed by atoms with Gasteiger partial charge in [0.15, 0.2) is 0 Å². The highest BCUT2D eigenvalue weighted by Gasteiger charge is 2.39. The van der Waals surface area contributed by atoms with Crippen molar-refractivity contribution in [3.63, 3.8) is 0 Å². The molecule has 3 aliphatic rings. The Morgan fingerprint density at radius 2 is 0.640 bits per heavy atom. The molecule has 0 N–H and O–H groups in total. The highest BCUT2D eigenvalue weighted by Crippen LogP contribution is 2.54. The molecule has 0 fully saturated rings. The molecular weight excluding hydrogens is 1080 g/mol. The van der Waals surface area contributed by atoms with Crippen LogP contribution in [0.2, 0.25) is 0 Å². The third kappa shape index (κ3) is 7.61. The zero-order valence-electron chi connectivity index (χ0n) is 50.3. The first-order chi connectivity index (χ1) is 43.7. The Morgan fingerprint density at radius 3 is 1.11 bits per heavy atom. The van der Waals surface area contributed by atoms with Crippen molar-refractivity contribution in [1.29, 1.82) is 0 Å². The van der Waals surface area contributed by atoms with E-state index in [1.807, 2.05) is 0 Å². The number of nitrogens with zero attached hydrogens (tertiary/aromatic N) is 5. The Balaban J connectivity index is 0.875. The van der Waals surface area contributed by atoms with Crippen LogP contribution < -0.4 is 9.80 Å². The van der Waals surface area contributed by atoms with Gasteiger partial charge in [-0.15, -0.1) is 0 Å². The van der Waals surface area contributed by atoms with E-state index in [1.165, 1.54) is 98.9 Å². The van der Waals surface area contributed by atoms with E-state index in [9.17, 15) is 0 Å². The fourth-order valence-corrected chi connectivity index (χ4v) is 15.9. The van der Waals surface area contributed by atoms with E-state index in [0.717, 1.165) is 75.1 Å². The molecule has 18 rings (SSSR count). The van der Waals surface area contributed by atoms with Crippen LogP contribution in [0.15, 0.2) is 291 Å². The lowest BCUT2D eigenvalue weighted by Gasteiger charge is -2.29. The topological polar surface area (TPSA) is 21.3 Å². The zero-order valence-corrected chi connectivity index (χ0v) is 50.3. The number of hydrogen-bond acceptors (Lipinski definition) is 2. The highest BCUT2D eigenvalue weighted by atomic mass is 15.2. The lowest BCUT2D eigenvalue weighted by atomic mass is 9.80. The minimum atomic E-state index is -0.193. The molecule has 89 heavy (non-hydrogen) atoms. The van der Waals surface area contributed by atoms with E-state index in [2.05, 4.69) is 336 Å². The number of hydrogen-bond donors (Lipinski definition) is 0. The first kappa shape index (κ1) is 51.4. The predicted molar refractivity (Wildman–Crippen MR) is 375 cm³/mol. The molecule has 15 aromatic rings. The average Bonchev–Trinajstić information content (AvgIpc) is 1.76. The van der Waals surface area contributed by atoms with Crippen LogP contribution in [0.5, 0.6) is 0 Å². The zero-order chi connectivity index (χ0) is 59.3. The van der Waals surface area contributed by atoms with Gasteiger partial charge in [-0.3, -0.25) is 0 Å². The molecule has 0 saturated heterocycles. The second kappa shape index (κ2) is 19.3. The average molecular weight is 1140 g/mol. The van der Waals surface area contributed by atoms with E-state index >= 15 is 0 Å². The van der Waals surface area contributed by atoms with Crippen molar-refractivity contribution >= 4 is 105 Å². The summed E-state index contributed by atoms with van der Waals surface area (Å²) < 4.78 is 7.28. The maximum atomic E-state index is 2.52. The largest absolute Gasteiger partial charge is 0.310 e. The van der Waals surface area contributed by atoms with E-state index in [-0.39, 0.29) is 10.8 Å². The summed E-state index contributed by atoms with van der Waals surface area (Å²) in [5, 5.41) is 7.21. The first-order valence-electron chi connectivity index (χ1n) is 31.4. The third-order valence-corrected chi connectivity index (χ3v) is 20.0. The van der Waals surface area contributed by atoms with Gasteiger partial charge in [0.2, 0.25) is 0 Å². The number of fused-ring (bicyclic) bond motifs is 14. The molecule has 0 unspecified atom stereocenters. The summed E-state index contributed by atoms with van der Waals surface area (Å²) in [6.45, 7) is 9.59. The van der Waals surface area contributed by atoms with Crippen LogP contribution in [0.1, 0.15) is 62.8 Å². The molecule has 0 atom stereocenters. The first-order valence-corrected chi connectivity index (χ1v) is 31.4. The summed E-state index contributed by atoms with van der Waals surface area (Å²) in [6, 6.07) is 102. The van der Waals surface area contributed by atoms with Gasteiger partial charge in [0.1, 0.15) is 0 Å². The van der Waals surface area contributed by atoms with E-state index in [1.54, 1.807) is 0 Å². The molecule has 0 aliphatic heterocycles. The quantitative estimate of drug-likeness (QED) is 0.144. The molecule has 0 amide bonds. The smallest absolute Gasteiger partial charge is 0.0542 e. The van der Waals surface area contributed by atoms with Crippen LogP contribution in [-0.4, -0.2) is 13.7 Å². The Kier molecular flexibility index (Phi) is 11.1. The van der Waals surface area contributed by atoms with Crippen LogP contribution in [0.25, 0.3) is 99.2 Å². The van der Waals surface area contributed by atoms with Crippen molar-refractivity contribution in [2.45, 2.75) is 51.4 Å². The van der Waals surface area contributed by atoms with Crippen molar-refractivity contribution in [3.05, 3.63) is 313 Å². The summed E-state index contributed by atoms with van der Waals surface area (Å²) in [5.74, 6) is 0. The molecule has 3 aliphatic carbocycles. The molecule has 0 saturated carbocycles. The van der Waals surface area contributed by atoms with Crippen molar-refractivity contribution in [2.24, 2.45) is 0 Å². The molecule has 5 nitrogen and oxygen atoms in total. The third-order valence-electron chi connectivity index (χ3n) is 20.0. The van der Waals surface area contributed by atoms with Crippen molar-refractivity contribution in [1.82, 2.24) is 13.7 Å². The highest BCUT2D eigenvalue weighted by molar-refractivity contribution is 6.15. The van der Waals surface area contributed by atoms with Gasteiger partial charge in [-0.2, -0.15) is 0 Å². The van der Waals surface area contributed by atoms with E-state index in [0.29, 0.717) is 0 Å². The molecule has 0 spiro atoms. The summed E-state index contributed by atoms with van der Waals surface area (Å²) >= 11 is 0. The lowest BCUT2D eigenvalue weighted by molar-refractivity contribution is 0.651. The maximum Gasteiger partial charge on any atom is 0.0542 e. The summed E-state index contributed by atoms with van der Waals surface area (Å²) in [4.78, 5) is 5.02. The maximum absolute atomic E-state index is 2.52. The van der Waals surface area contributed by atoms with Gasteiger partial charge in [-0.25, -0.2) is 0 Å². The summed E-state index contributed by atoms with van der Waals surface area (Å²) in [5.41, 5.74) is 27.7. The van der Waals surface area contributed by atoms with Crippen LogP contribution in [-0.2, 0) is 10.8 Å². The van der Waals surface area contributed by atoms with Gasteiger partial charge in [0.25, 0.3) is 0 Å². The summed E-state index contributed by atoms with van der Waals surface area (Å²) in [6.07, 6.45) is 6.90. The number of para-hydroxylation sites is 5. The number of rotatable bonds is 9. The number of allylic oxidation sites excluding steroid dienone is 4.